The van der Waals surface area contributed by atoms with Gasteiger partial charge in [0.05, 0.1) is 12.8 Å². The second-order valence-electron chi connectivity index (χ2n) is 5.58. The van der Waals surface area contributed by atoms with Crippen LogP contribution in [0.2, 0.25) is 0 Å². The van der Waals surface area contributed by atoms with E-state index in [-0.39, 0.29) is 11.4 Å². The van der Waals surface area contributed by atoms with Crippen LogP contribution < -0.4 is 27.3 Å². The lowest BCUT2D eigenvalue weighted by Gasteiger charge is -2.14. The first-order chi connectivity index (χ1) is 12.0. The van der Waals surface area contributed by atoms with Gasteiger partial charge in [-0.25, -0.2) is 0 Å². The maximum Gasteiger partial charge on any atom is 0.269 e. The maximum absolute atomic E-state index is 12.0. The number of nitrogens with two attached hydrogens (primary N) is 3. The summed E-state index contributed by atoms with van der Waals surface area (Å²) in [7, 11) is 1.61. The number of nitrogen functional groups attached to an aromatic ring is 1. The zero-order valence-electron chi connectivity index (χ0n) is 14.5. The number of anilines is 1. The number of hydrogen-bond donors (Lipinski definition) is 4. The maximum atomic E-state index is 12.0. The molecule has 132 valence electrons. The van der Waals surface area contributed by atoms with Crippen molar-refractivity contribution in [3.8, 4) is 16.9 Å². The molecule has 0 bridgehead atoms. The van der Waals surface area contributed by atoms with Crippen LogP contribution in [0.1, 0.15) is 18.9 Å². The van der Waals surface area contributed by atoms with E-state index in [4.69, 9.17) is 21.9 Å². The van der Waals surface area contributed by atoms with Crippen LogP contribution in [0.4, 0.5) is 5.69 Å². The summed E-state index contributed by atoms with van der Waals surface area (Å²) in [6.07, 6.45) is 0.814. The fourth-order valence-electron chi connectivity index (χ4n) is 2.42. The third kappa shape index (κ3) is 4.03. The molecule has 6 heteroatoms. The first-order valence-corrected chi connectivity index (χ1v) is 8.06. The van der Waals surface area contributed by atoms with Gasteiger partial charge < -0.3 is 27.3 Å². The van der Waals surface area contributed by atoms with Gasteiger partial charge in [0.2, 0.25) is 0 Å². The second-order valence-corrected chi connectivity index (χ2v) is 5.58. The molecule has 0 radical (unpaired) electrons. The molecule has 0 saturated carbocycles. The highest BCUT2D eigenvalue weighted by molar-refractivity contribution is 6.01. The lowest BCUT2D eigenvalue weighted by atomic mass is 9.98. The van der Waals surface area contributed by atoms with Gasteiger partial charge in [0.1, 0.15) is 11.4 Å². The number of benzene rings is 2. The second kappa shape index (κ2) is 8.10. The van der Waals surface area contributed by atoms with Gasteiger partial charge in [-0.2, -0.15) is 0 Å². The van der Waals surface area contributed by atoms with Gasteiger partial charge in [-0.05, 0) is 24.1 Å². The van der Waals surface area contributed by atoms with E-state index < -0.39 is 5.91 Å². The zero-order chi connectivity index (χ0) is 18.4. The smallest absolute Gasteiger partial charge is 0.269 e. The van der Waals surface area contributed by atoms with Gasteiger partial charge in [0, 0.05) is 23.4 Å². The summed E-state index contributed by atoms with van der Waals surface area (Å²) in [4.78, 5) is 12.0. The lowest BCUT2D eigenvalue weighted by molar-refractivity contribution is -0.117. The number of para-hydroxylation sites is 1. The highest BCUT2D eigenvalue weighted by atomic mass is 16.5. The van der Waals surface area contributed by atoms with Crippen molar-refractivity contribution in [1.29, 1.82) is 0 Å². The molecule has 2 aromatic carbocycles. The average Bonchev–Trinajstić information content (AvgIpc) is 2.65. The first kappa shape index (κ1) is 18.2. The Bertz CT molecular complexity index is 783. The van der Waals surface area contributed by atoms with Gasteiger partial charge in [0.25, 0.3) is 5.91 Å². The fraction of sp³-hybridized carbons (Fsp3) is 0.211. The fourth-order valence-corrected chi connectivity index (χ4v) is 2.42. The quantitative estimate of drug-likeness (QED) is 0.474. The average molecular weight is 340 g/mol. The van der Waals surface area contributed by atoms with Crippen LogP contribution in [0.15, 0.2) is 48.2 Å². The summed E-state index contributed by atoms with van der Waals surface area (Å²) in [6, 6.07) is 13.0. The van der Waals surface area contributed by atoms with Crippen molar-refractivity contribution >= 4 is 17.3 Å². The molecular weight excluding hydrogens is 316 g/mol. The van der Waals surface area contributed by atoms with Crippen LogP contribution in [0.3, 0.4) is 0 Å². The summed E-state index contributed by atoms with van der Waals surface area (Å²) in [5, 5.41) is 2.70. The van der Waals surface area contributed by atoms with Gasteiger partial charge in [-0.15, -0.1) is 0 Å². The van der Waals surface area contributed by atoms with Crippen LogP contribution >= 0.6 is 0 Å². The van der Waals surface area contributed by atoms with Crippen LogP contribution in [-0.2, 0) is 4.79 Å². The minimum Gasteiger partial charge on any atom is -0.497 e. The van der Waals surface area contributed by atoms with Crippen molar-refractivity contribution in [2.45, 2.75) is 13.3 Å². The molecule has 0 unspecified atom stereocenters. The number of rotatable bonds is 6. The molecule has 1 amide bonds. The topological polar surface area (TPSA) is 116 Å². The molecule has 0 aliphatic heterocycles. The lowest BCUT2D eigenvalue weighted by Crippen LogP contribution is -2.31. The van der Waals surface area contributed by atoms with Crippen molar-refractivity contribution < 1.29 is 9.53 Å². The molecule has 2 aromatic rings. The Morgan fingerprint density at radius 2 is 1.80 bits per heavy atom. The Balaban J connectivity index is 2.41. The SMILES string of the molecule is CCCNC(=O)/C(N)=C(\N)c1cccc(-c2ccc(OC)cc2)c1N. The number of methoxy groups -OCH3 is 1. The van der Waals surface area contributed by atoms with Crippen LogP contribution in [0.5, 0.6) is 5.75 Å². The van der Waals surface area contributed by atoms with Gasteiger partial charge in [-0.3, -0.25) is 4.79 Å². The van der Waals surface area contributed by atoms with Crippen LogP contribution in [0.25, 0.3) is 16.8 Å². The Morgan fingerprint density at radius 1 is 1.12 bits per heavy atom. The standard InChI is InChI=1S/C19H24N4O2/c1-3-11-23-19(24)18(22)17(21)15-6-4-5-14(16(15)20)12-7-9-13(25-2)10-8-12/h4-10H,3,11,20-22H2,1-2H3,(H,23,24)/b18-17+. The zero-order valence-corrected chi connectivity index (χ0v) is 14.5. The summed E-state index contributed by atoms with van der Waals surface area (Å²) in [5.41, 5.74) is 21.2. The van der Waals surface area contributed by atoms with Gasteiger partial charge >= 0.3 is 0 Å². The molecule has 2 rings (SSSR count). The summed E-state index contributed by atoms with van der Waals surface area (Å²) in [6.45, 7) is 2.49. The number of hydrogen-bond acceptors (Lipinski definition) is 5. The Morgan fingerprint density at radius 3 is 2.40 bits per heavy atom. The van der Waals surface area contributed by atoms with E-state index in [1.807, 2.05) is 43.3 Å². The molecule has 25 heavy (non-hydrogen) atoms. The van der Waals surface area contributed by atoms with Crippen molar-refractivity contribution in [3.05, 3.63) is 53.7 Å². The van der Waals surface area contributed by atoms with E-state index in [0.717, 1.165) is 23.3 Å². The van der Waals surface area contributed by atoms with E-state index in [1.54, 1.807) is 13.2 Å². The molecule has 0 saturated heterocycles. The third-order valence-electron chi connectivity index (χ3n) is 3.87. The van der Waals surface area contributed by atoms with Crippen molar-refractivity contribution in [3.63, 3.8) is 0 Å². The number of ether oxygens (including phenoxy) is 1. The number of nitrogens with one attached hydrogen (secondary N) is 1. The molecule has 0 heterocycles. The highest BCUT2D eigenvalue weighted by Gasteiger charge is 2.15. The molecule has 0 aliphatic rings. The monoisotopic (exact) mass is 340 g/mol. The molecule has 0 atom stereocenters. The van der Waals surface area contributed by atoms with E-state index in [9.17, 15) is 4.79 Å². The number of carbonyl (C=O) groups excluding carboxylic acids is 1. The molecule has 0 spiro atoms. The minimum atomic E-state index is -0.395. The number of amides is 1. The van der Waals surface area contributed by atoms with Crippen molar-refractivity contribution in [1.82, 2.24) is 5.32 Å². The van der Waals surface area contributed by atoms with Crippen LogP contribution in [-0.4, -0.2) is 19.6 Å². The summed E-state index contributed by atoms with van der Waals surface area (Å²) >= 11 is 0. The molecule has 0 fully saturated rings. The van der Waals surface area contributed by atoms with Gasteiger partial charge in [-0.1, -0.05) is 37.3 Å². The van der Waals surface area contributed by atoms with Gasteiger partial charge in [0.15, 0.2) is 0 Å². The molecule has 0 aliphatic carbocycles. The van der Waals surface area contributed by atoms with E-state index in [0.29, 0.717) is 17.8 Å². The predicted molar refractivity (Wildman–Crippen MR) is 101 cm³/mol. The first-order valence-electron chi connectivity index (χ1n) is 8.06. The normalized spacial score (nSPS) is 11.6. The van der Waals surface area contributed by atoms with Crippen LogP contribution in [0, 0.1) is 0 Å². The minimum absolute atomic E-state index is 0.0352. The summed E-state index contributed by atoms with van der Waals surface area (Å²) < 4.78 is 5.17. The van der Waals surface area contributed by atoms with Crippen molar-refractivity contribution in [2.75, 3.05) is 19.4 Å². The Labute approximate surface area is 147 Å². The largest absolute Gasteiger partial charge is 0.497 e. The highest BCUT2D eigenvalue weighted by Crippen LogP contribution is 2.32. The molecular formula is C19H24N4O2. The van der Waals surface area contributed by atoms with E-state index in [2.05, 4.69) is 5.32 Å². The Hall–Kier alpha value is -3.15. The van der Waals surface area contributed by atoms with Crippen molar-refractivity contribution in [2.24, 2.45) is 11.5 Å². The molecule has 6 nitrogen and oxygen atoms in total. The van der Waals surface area contributed by atoms with E-state index >= 15 is 0 Å². The predicted octanol–water partition coefficient (Wildman–Crippen LogP) is 2.06. The summed E-state index contributed by atoms with van der Waals surface area (Å²) in [5.74, 6) is 0.364. The Kier molecular flexibility index (Phi) is 5.89. The number of carbonyl (C=O) groups is 1. The molecule has 0 aromatic heterocycles. The van der Waals surface area contributed by atoms with E-state index in [1.165, 1.54) is 0 Å². The third-order valence-corrected chi connectivity index (χ3v) is 3.87. The molecule has 7 N–H and O–H groups in total.